The van der Waals surface area contributed by atoms with Crippen molar-refractivity contribution in [2.75, 3.05) is 17.7 Å². The second kappa shape index (κ2) is 4.63. The van der Waals surface area contributed by atoms with Crippen molar-refractivity contribution in [3.63, 3.8) is 0 Å². The molecule has 1 aromatic carbocycles. The molecule has 2 rings (SSSR count). The van der Waals surface area contributed by atoms with Crippen molar-refractivity contribution >= 4 is 17.3 Å². The van der Waals surface area contributed by atoms with Gasteiger partial charge in [0.05, 0.1) is 17.7 Å². The van der Waals surface area contributed by atoms with Gasteiger partial charge in [0.15, 0.2) is 0 Å². The third-order valence-electron chi connectivity index (χ3n) is 2.99. The van der Waals surface area contributed by atoms with Gasteiger partial charge in [-0.15, -0.1) is 0 Å². The molecule has 1 aromatic rings. The fraction of sp³-hybridized carbons (Fsp3) is 0.417. The highest BCUT2D eigenvalue weighted by atomic mass is 16.5. The van der Waals surface area contributed by atoms with Crippen LogP contribution in [-0.4, -0.2) is 29.8 Å². The van der Waals surface area contributed by atoms with Crippen molar-refractivity contribution in [3.8, 4) is 0 Å². The molecular weight excluding hydrogens is 220 g/mol. The Labute approximate surface area is 99.6 Å². The minimum absolute atomic E-state index is 0.0918. The van der Waals surface area contributed by atoms with E-state index in [0.29, 0.717) is 18.0 Å². The molecule has 0 radical (unpaired) electrons. The second-order valence-electron chi connectivity index (χ2n) is 4.23. The maximum Gasteiger partial charge on any atom is 0.337 e. The highest BCUT2D eigenvalue weighted by Gasteiger charge is 2.25. The van der Waals surface area contributed by atoms with E-state index in [0.717, 1.165) is 6.42 Å². The number of nitrogens with two attached hydrogens (primary N) is 1. The van der Waals surface area contributed by atoms with Gasteiger partial charge < -0.3 is 20.9 Å². The van der Waals surface area contributed by atoms with Crippen molar-refractivity contribution in [2.24, 2.45) is 0 Å². The van der Waals surface area contributed by atoms with E-state index in [1.165, 1.54) is 6.07 Å². The Morgan fingerprint density at radius 1 is 1.59 bits per heavy atom. The summed E-state index contributed by atoms with van der Waals surface area (Å²) in [5, 5.41) is 12.3. The molecule has 0 amide bonds. The van der Waals surface area contributed by atoms with Crippen LogP contribution in [0.2, 0.25) is 0 Å². The standard InChI is InChI=1S/C12H16N2O3/c1-7-10(4-5-17-7)14-11-3-2-8(13)6-9(11)12(15)16/h2-3,6-7,10,14H,4-5,13H2,1H3,(H,15,16). The number of benzene rings is 1. The molecule has 1 aliphatic heterocycles. The Bertz CT molecular complexity index is 434. The number of carbonyl (C=O) groups is 1. The predicted molar refractivity (Wildman–Crippen MR) is 65.3 cm³/mol. The number of anilines is 2. The number of carboxylic acid groups (broad SMARTS) is 1. The molecule has 1 heterocycles. The number of carboxylic acids is 1. The first-order valence-corrected chi connectivity index (χ1v) is 5.59. The smallest absolute Gasteiger partial charge is 0.337 e. The Balaban J connectivity index is 2.22. The highest BCUT2D eigenvalue weighted by molar-refractivity contribution is 5.95. The number of nitrogen functional groups attached to an aromatic ring is 1. The van der Waals surface area contributed by atoms with Crippen molar-refractivity contribution < 1.29 is 14.6 Å². The predicted octanol–water partition coefficient (Wildman–Crippen LogP) is 1.56. The summed E-state index contributed by atoms with van der Waals surface area (Å²) in [5.41, 5.74) is 6.82. The number of hydrogen-bond donors (Lipinski definition) is 3. The van der Waals surface area contributed by atoms with E-state index in [1.54, 1.807) is 12.1 Å². The van der Waals surface area contributed by atoms with Crippen LogP contribution in [-0.2, 0) is 4.74 Å². The molecule has 2 unspecified atom stereocenters. The molecule has 2 atom stereocenters. The van der Waals surface area contributed by atoms with Gasteiger partial charge in [-0.25, -0.2) is 4.79 Å². The summed E-state index contributed by atoms with van der Waals surface area (Å²) in [5.74, 6) is -0.980. The first-order valence-electron chi connectivity index (χ1n) is 5.59. The van der Waals surface area contributed by atoms with Crippen LogP contribution in [0.25, 0.3) is 0 Å². The van der Waals surface area contributed by atoms with Crippen LogP contribution < -0.4 is 11.1 Å². The summed E-state index contributed by atoms with van der Waals surface area (Å²) < 4.78 is 5.43. The largest absolute Gasteiger partial charge is 0.478 e. The Morgan fingerprint density at radius 3 is 2.94 bits per heavy atom. The molecule has 0 aromatic heterocycles. The van der Waals surface area contributed by atoms with Gasteiger partial charge >= 0.3 is 5.97 Å². The van der Waals surface area contributed by atoms with E-state index < -0.39 is 5.97 Å². The second-order valence-corrected chi connectivity index (χ2v) is 4.23. The third-order valence-corrected chi connectivity index (χ3v) is 2.99. The lowest BCUT2D eigenvalue weighted by molar-refractivity contribution is 0.0697. The molecule has 17 heavy (non-hydrogen) atoms. The molecule has 1 aliphatic rings. The lowest BCUT2D eigenvalue weighted by Gasteiger charge is -2.19. The van der Waals surface area contributed by atoms with Crippen molar-refractivity contribution in [1.82, 2.24) is 0 Å². The number of aromatic carboxylic acids is 1. The van der Waals surface area contributed by atoms with E-state index in [1.807, 2.05) is 6.92 Å². The molecule has 92 valence electrons. The molecule has 1 fully saturated rings. The zero-order chi connectivity index (χ0) is 12.4. The molecule has 5 heteroatoms. The van der Waals surface area contributed by atoms with Gasteiger partial charge in [0.1, 0.15) is 0 Å². The van der Waals surface area contributed by atoms with Gasteiger partial charge in [0, 0.05) is 18.0 Å². The zero-order valence-corrected chi connectivity index (χ0v) is 9.64. The summed E-state index contributed by atoms with van der Waals surface area (Å²) in [6.07, 6.45) is 0.971. The van der Waals surface area contributed by atoms with Crippen LogP contribution in [0.15, 0.2) is 18.2 Å². The maximum absolute atomic E-state index is 11.1. The maximum atomic E-state index is 11.1. The normalized spacial score (nSPS) is 23.6. The first kappa shape index (κ1) is 11.7. The fourth-order valence-electron chi connectivity index (χ4n) is 1.99. The quantitative estimate of drug-likeness (QED) is 0.693. The number of nitrogens with one attached hydrogen (secondary N) is 1. The Kier molecular flexibility index (Phi) is 3.19. The summed E-state index contributed by atoms with van der Waals surface area (Å²) in [6, 6.07) is 5.00. The zero-order valence-electron chi connectivity index (χ0n) is 9.64. The van der Waals surface area contributed by atoms with Crippen molar-refractivity contribution in [2.45, 2.75) is 25.5 Å². The molecule has 0 aliphatic carbocycles. The van der Waals surface area contributed by atoms with Crippen LogP contribution in [0.4, 0.5) is 11.4 Å². The topological polar surface area (TPSA) is 84.6 Å². The van der Waals surface area contributed by atoms with Crippen LogP contribution in [0, 0.1) is 0 Å². The SMILES string of the molecule is CC1OCCC1Nc1ccc(N)cc1C(=O)O. The Hall–Kier alpha value is -1.75. The van der Waals surface area contributed by atoms with E-state index in [4.69, 9.17) is 15.6 Å². The number of ether oxygens (including phenoxy) is 1. The van der Waals surface area contributed by atoms with Gasteiger partial charge in [0.25, 0.3) is 0 Å². The van der Waals surface area contributed by atoms with Gasteiger partial charge in [-0.1, -0.05) is 0 Å². The van der Waals surface area contributed by atoms with E-state index in [-0.39, 0.29) is 17.7 Å². The summed E-state index contributed by atoms with van der Waals surface area (Å²) >= 11 is 0. The molecule has 0 bridgehead atoms. The number of hydrogen-bond acceptors (Lipinski definition) is 4. The average molecular weight is 236 g/mol. The molecule has 1 saturated heterocycles. The summed E-state index contributed by atoms with van der Waals surface area (Å²) in [4.78, 5) is 11.1. The van der Waals surface area contributed by atoms with Gasteiger partial charge in [0.2, 0.25) is 0 Å². The minimum Gasteiger partial charge on any atom is -0.478 e. The molecular formula is C12H16N2O3. The van der Waals surface area contributed by atoms with E-state index >= 15 is 0 Å². The van der Waals surface area contributed by atoms with Crippen LogP contribution in [0.1, 0.15) is 23.7 Å². The first-order chi connectivity index (χ1) is 8.08. The fourth-order valence-corrected chi connectivity index (χ4v) is 1.99. The lowest BCUT2D eigenvalue weighted by Crippen LogP contribution is -2.27. The van der Waals surface area contributed by atoms with Crippen LogP contribution >= 0.6 is 0 Å². The van der Waals surface area contributed by atoms with Crippen molar-refractivity contribution in [3.05, 3.63) is 23.8 Å². The summed E-state index contributed by atoms with van der Waals surface area (Å²) in [7, 11) is 0. The highest BCUT2D eigenvalue weighted by Crippen LogP contribution is 2.23. The minimum atomic E-state index is -0.980. The number of rotatable bonds is 3. The monoisotopic (exact) mass is 236 g/mol. The van der Waals surface area contributed by atoms with Gasteiger partial charge in [-0.05, 0) is 31.5 Å². The van der Waals surface area contributed by atoms with Gasteiger partial charge in [-0.2, -0.15) is 0 Å². The van der Waals surface area contributed by atoms with Crippen LogP contribution in [0.5, 0.6) is 0 Å². The molecule has 5 nitrogen and oxygen atoms in total. The van der Waals surface area contributed by atoms with Crippen molar-refractivity contribution in [1.29, 1.82) is 0 Å². The van der Waals surface area contributed by atoms with E-state index in [9.17, 15) is 4.79 Å². The Morgan fingerprint density at radius 2 is 2.35 bits per heavy atom. The van der Waals surface area contributed by atoms with Crippen LogP contribution in [0.3, 0.4) is 0 Å². The molecule has 0 spiro atoms. The van der Waals surface area contributed by atoms with E-state index in [2.05, 4.69) is 5.32 Å². The third kappa shape index (κ3) is 2.50. The lowest BCUT2D eigenvalue weighted by atomic mass is 10.1. The molecule has 4 N–H and O–H groups in total. The summed E-state index contributed by atoms with van der Waals surface area (Å²) in [6.45, 7) is 2.68. The molecule has 0 saturated carbocycles. The van der Waals surface area contributed by atoms with Gasteiger partial charge in [-0.3, -0.25) is 0 Å². The average Bonchev–Trinajstić information content (AvgIpc) is 2.67.